The highest BCUT2D eigenvalue weighted by Crippen LogP contribution is 2.38. The van der Waals surface area contributed by atoms with E-state index in [0.717, 1.165) is 89.9 Å². The summed E-state index contributed by atoms with van der Waals surface area (Å²) in [6, 6.07) is 0. The lowest BCUT2D eigenvalue weighted by Gasteiger charge is -2.28. The third-order valence-electron chi connectivity index (χ3n) is 11.8. The minimum absolute atomic E-state index is 0.0188. The first-order valence-corrected chi connectivity index (χ1v) is 30.1. The molecule has 0 saturated heterocycles. The summed E-state index contributed by atoms with van der Waals surface area (Å²) in [5.74, 6) is -0.343. The van der Waals surface area contributed by atoms with Gasteiger partial charge in [0.25, 0.3) is 7.82 Å². The van der Waals surface area contributed by atoms with Crippen molar-refractivity contribution in [2.24, 2.45) is 0 Å². The fourth-order valence-corrected chi connectivity index (χ4v) is 8.23. The number of unbranched alkanes of at least 4 members (excludes halogenated alkanes) is 20. The SMILES string of the molecule is CC/C=C\C/C=C\C/C=C\C/C=C\C/C=C\CCCCCCCCCCCCOCC(COP(=O)([O-])OCC[N+](C)(C)C)OC(=O)CCCCCCCCCCCC/C=C\C/C=C\C/C=C\C/C=C\CC. The topological polar surface area (TPSA) is 94.1 Å². The lowest BCUT2D eigenvalue weighted by Crippen LogP contribution is -2.37. The van der Waals surface area contributed by atoms with E-state index >= 15 is 0 Å². The third kappa shape index (κ3) is 57.9. The molecule has 0 spiro atoms. The minimum Gasteiger partial charge on any atom is -0.756 e. The lowest BCUT2D eigenvalue weighted by atomic mass is 10.0. The molecule has 0 amide bonds. The fourth-order valence-electron chi connectivity index (χ4n) is 7.51. The van der Waals surface area contributed by atoms with Crippen LogP contribution in [0.3, 0.4) is 0 Å². The van der Waals surface area contributed by atoms with Gasteiger partial charge < -0.3 is 27.9 Å². The van der Waals surface area contributed by atoms with Gasteiger partial charge in [-0.25, -0.2) is 0 Å². The Balaban J connectivity index is 4.12. The maximum atomic E-state index is 12.8. The minimum atomic E-state index is -4.55. The number of carbonyl (C=O) groups excluding carboxylic acids is 1. The van der Waals surface area contributed by atoms with Crippen LogP contribution in [0.2, 0.25) is 0 Å². The fraction of sp³-hybridized carbons (Fsp3) is 0.694. The maximum absolute atomic E-state index is 12.8. The van der Waals surface area contributed by atoms with Crippen LogP contribution in [0.15, 0.2) is 109 Å². The van der Waals surface area contributed by atoms with Crippen molar-refractivity contribution in [3.8, 4) is 0 Å². The van der Waals surface area contributed by atoms with Gasteiger partial charge in [0, 0.05) is 13.0 Å². The van der Waals surface area contributed by atoms with Gasteiger partial charge in [0.05, 0.1) is 34.4 Å². The van der Waals surface area contributed by atoms with Crippen molar-refractivity contribution in [3.63, 3.8) is 0 Å². The van der Waals surface area contributed by atoms with Crippen molar-refractivity contribution < 1.29 is 37.3 Å². The molecule has 2 atom stereocenters. The van der Waals surface area contributed by atoms with Gasteiger partial charge in [0.15, 0.2) is 0 Å². The molecular formula is C62H108NO7P. The predicted molar refractivity (Wildman–Crippen MR) is 304 cm³/mol. The Kier molecular flexibility index (Phi) is 51.3. The van der Waals surface area contributed by atoms with Gasteiger partial charge in [0.1, 0.15) is 19.3 Å². The Morgan fingerprint density at radius 1 is 0.437 bits per heavy atom. The second kappa shape index (κ2) is 53.5. The molecule has 71 heavy (non-hydrogen) atoms. The standard InChI is InChI=1S/C62H108NO7P/c1-6-8-10-12-14-16-18-20-22-24-26-28-30-31-32-34-36-38-40-42-44-46-48-50-52-54-57-67-59-61(60-69-71(65,66)68-58-56-63(3,4)5)70-62(64)55-53-51-49-47-45-43-41-39-37-35-33-29-27-25-23-21-19-17-15-13-11-9-7-2/h8-11,14-17,20-23,26-29,31-32,61H,6-7,12-13,18-19,24-25,30,33-60H2,1-5H3/b10-8-,11-9-,16-14-,17-15-,22-20-,23-21-,28-26-,29-27-,32-31-. The van der Waals surface area contributed by atoms with Crippen LogP contribution in [0.1, 0.15) is 219 Å². The van der Waals surface area contributed by atoms with E-state index in [1.165, 1.54) is 109 Å². The molecule has 2 unspecified atom stereocenters. The van der Waals surface area contributed by atoms with Crippen molar-refractivity contribution in [1.29, 1.82) is 0 Å². The van der Waals surface area contributed by atoms with Gasteiger partial charge in [-0.2, -0.15) is 0 Å². The number of phosphoric ester groups is 1. The lowest BCUT2D eigenvalue weighted by molar-refractivity contribution is -0.870. The molecule has 8 nitrogen and oxygen atoms in total. The summed E-state index contributed by atoms with van der Waals surface area (Å²) in [4.78, 5) is 25.3. The molecule has 0 N–H and O–H groups in total. The molecule has 0 aromatic carbocycles. The van der Waals surface area contributed by atoms with E-state index in [1.54, 1.807) is 0 Å². The Hall–Kier alpha value is -2.84. The van der Waals surface area contributed by atoms with Crippen molar-refractivity contribution >= 4 is 13.8 Å². The molecular weight excluding hydrogens is 902 g/mol. The van der Waals surface area contributed by atoms with Crippen LogP contribution in [0, 0.1) is 0 Å². The zero-order valence-corrected chi connectivity index (χ0v) is 47.3. The van der Waals surface area contributed by atoms with E-state index in [1.807, 2.05) is 21.1 Å². The molecule has 0 heterocycles. The highest BCUT2D eigenvalue weighted by Gasteiger charge is 2.20. The van der Waals surface area contributed by atoms with Crippen LogP contribution in [0.4, 0.5) is 0 Å². The number of hydrogen-bond acceptors (Lipinski definition) is 7. The summed E-state index contributed by atoms with van der Waals surface area (Å²) in [5.41, 5.74) is 0. The predicted octanol–water partition coefficient (Wildman–Crippen LogP) is 17.7. The molecule has 408 valence electrons. The average Bonchev–Trinajstić information content (AvgIpc) is 3.33. The summed E-state index contributed by atoms with van der Waals surface area (Å²) in [6.07, 6.45) is 75.5. The summed E-state index contributed by atoms with van der Waals surface area (Å²) in [7, 11) is 1.34. The molecule has 0 aliphatic rings. The van der Waals surface area contributed by atoms with Gasteiger partial charge in [-0.05, 0) is 96.3 Å². The molecule has 9 heteroatoms. The number of carbonyl (C=O) groups is 1. The number of allylic oxidation sites excluding steroid dienone is 18. The maximum Gasteiger partial charge on any atom is 0.306 e. The van der Waals surface area contributed by atoms with Crippen LogP contribution in [0.5, 0.6) is 0 Å². The first kappa shape index (κ1) is 68.2. The normalized spacial score (nSPS) is 14.3. The number of phosphoric acid groups is 1. The number of hydrogen-bond donors (Lipinski definition) is 0. The summed E-state index contributed by atoms with van der Waals surface area (Å²) >= 11 is 0. The van der Waals surface area contributed by atoms with E-state index in [2.05, 4.69) is 123 Å². The first-order valence-electron chi connectivity index (χ1n) is 28.6. The van der Waals surface area contributed by atoms with Gasteiger partial charge in [-0.3, -0.25) is 9.36 Å². The molecule has 0 radical (unpaired) electrons. The highest BCUT2D eigenvalue weighted by atomic mass is 31.2. The summed E-state index contributed by atoms with van der Waals surface area (Å²) < 4.78 is 34.9. The molecule has 0 saturated carbocycles. The molecule has 0 rings (SSSR count). The van der Waals surface area contributed by atoms with Gasteiger partial charge in [-0.15, -0.1) is 0 Å². The van der Waals surface area contributed by atoms with Crippen molar-refractivity contribution in [1.82, 2.24) is 0 Å². The van der Waals surface area contributed by atoms with E-state index < -0.39 is 13.9 Å². The number of esters is 1. The number of quaternary nitrogens is 1. The zero-order valence-electron chi connectivity index (χ0n) is 46.4. The number of ether oxygens (including phenoxy) is 2. The monoisotopic (exact) mass is 1010 g/mol. The van der Waals surface area contributed by atoms with Gasteiger partial charge in [0.2, 0.25) is 0 Å². The molecule has 0 aliphatic carbocycles. The second-order valence-corrected chi connectivity index (χ2v) is 21.3. The second-order valence-electron chi connectivity index (χ2n) is 19.9. The Labute approximate surface area is 438 Å². The average molecular weight is 1010 g/mol. The molecule has 0 aromatic heterocycles. The Morgan fingerprint density at radius 3 is 1.15 bits per heavy atom. The van der Waals surface area contributed by atoms with Crippen LogP contribution in [-0.2, 0) is 27.9 Å². The van der Waals surface area contributed by atoms with Crippen molar-refractivity contribution in [3.05, 3.63) is 109 Å². The summed E-state index contributed by atoms with van der Waals surface area (Å²) in [5, 5.41) is 0. The summed E-state index contributed by atoms with van der Waals surface area (Å²) in [6.45, 7) is 5.17. The van der Waals surface area contributed by atoms with Crippen molar-refractivity contribution in [2.45, 2.75) is 225 Å². The molecule has 0 fully saturated rings. The van der Waals surface area contributed by atoms with Crippen LogP contribution < -0.4 is 4.89 Å². The van der Waals surface area contributed by atoms with E-state index in [-0.39, 0.29) is 25.8 Å². The highest BCUT2D eigenvalue weighted by molar-refractivity contribution is 7.45. The molecule has 0 aromatic rings. The van der Waals surface area contributed by atoms with Gasteiger partial charge >= 0.3 is 5.97 Å². The Bertz CT molecular complexity index is 1500. The van der Waals surface area contributed by atoms with Crippen LogP contribution in [0.25, 0.3) is 0 Å². The van der Waals surface area contributed by atoms with E-state index in [0.29, 0.717) is 24.1 Å². The largest absolute Gasteiger partial charge is 0.756 e. The number of likely N-dealkylation sites (N-methyl/N-ethyl adjacent to an activating group) is 1. The first-order chi connectivity index (χ1) is 34.6. The van der Waals surface area contributed by atoms with Crippen molar-refractivity contribution in [2.75, 3.05) is 54.1 Å². The molecule has 0 aliphatic heterocycles. The number of rotatable bonds is 52. The Morgan fingerprint density at radius 2 is 0.775 bits per heavy atom. The molecule has 0 bridgehead atoms. The van der Waals surface area contributed by atoms with Crippen LogP contribution in [-0.4, -0.2) is 70.7 Å². The van der Waals surface area contributed by atoms with E-state index in [4.69, 9.17) is 18.5 Å². The quantitative estimate of drug-likeness (QED) is 0.0197. The smallest absolute Gasteiger partial charge is 0.306 e. The van der Waals surface area contributed by atoms with Gasteiger partial charge in [-0.1, -0.05) is 226 Å². The zero-order chi connectivity index (χ0) is 51.9. The van der Waals surface area contributed by atoms with Crippen LogP contribution >= 0.6 is 7.82 Å². The third-order valence-corrected chi connectivity index (χ3v) is 12.8. The van der Waals surface area contributed by atoms with E-state index in [9.17, 15) is 14.3 Å². The number of nitrogens with zero attached hydrogens (tertiary/aromatic N) is 1.